The molecule has 1 atom stereocenters. The summed E-state index contributed by atoms with van der Waals surface area (Å²) >= 11 is 3.51. The molecular weight excluding hydrogens is 314 g/mol. The smallest absolute Gasteiger partial charge is 0.121 e. The topological polar surface area (TPSA) is 32.3 Å². The molecular formula is C17H20BrNO. The Hall–Kier alpha value is -1.48. The summed E-state index contributed by atoms with van der Waals surface area (Å²) < 4.78 is 1.09. The fourth-order valence-electron chi connectivity index (χ4n) is 2.45. The van der Waals surface area contributed by atoms with E-state index in [0.717, 1.165) is 21.3 Å². The van der Waals surface area contributed by atoms with Crippen molar-refractivity contribution >= 4 is 21.6 Å². The summed E-state index contributed by atoms with van der Waals surface area (Å²) in [5.41, 5.74) is 5.48. The first-order valence-corrected chi connectivity index (χ1v) is 7.50. The van der Waals surface area contributed by atoms with E-state index in [1.807, 2.05) is 19.1 Å². The average molecular weight is 334 g/mol. The first-order chi connectivity index (χ1) is 9.38. The normalized spacial score (nSPS) is 12.2. The molecule has 0 aliphatic carbocycles. The molecule has 106 valence electrons. The van der Waals surface area contributed by atoms with E-state index in [1.54, 1.807) is 6.07 Å². The van der Waals surface area contributed by atoms with Gasteiger partial charge in [-0.15, -0.1) is 0 Å². The lowest BCUT2D eigenvalue weighted by Crippen LogP contribution is -2.09. The second kappa shape index (κ2) is 5.88. The fraction of sp³-hybridized carbons (Fsp3) is 0.294. The van der Waals surface area contributed by atoms with E-state index in [4.69, 9.17) is 0 Å². The van der Waals surface area contributed by atoms with Gasteiger partial charge in [-0.1, -0.05) is 28.1 Å². The molecule has 2 aromatic carbocycles. The zero-order valence-electron chi connectivity index (χ0n) is 12.3. The average Bonchev–Trinajstić information content (AvgIpc) is 2.33. The number of aryl methyl sites for hydroxylation is 3. The molecule has 0 spiro atoms. The molecule has 0 heterocycles. The van der Waals surface area contributed by atoms with Crippen LogP contribution in [0.4, 0.5) is 5.69 Å². The lowest BCUT2D eigenvalue weighted by atomic mass is 10.0. The highest BCUT2D eigenvalue weighted by atomic mass is 79.9. The van der Waals surface area contributed by atoms with E-state index in [2.05, 4.69) is 54.2 Å². The van der Waals surface area contributed by atoms with Crippen LogP contribution in [0.1, 0.15) is 35.2 Å². The van der Waals surface area contributed by atoms with Crippen molar-refractivity contribution in [1.29, 1.82) is 0 Å². The van der Waals surface area contributed by atoms with Gasteiger partial charge in [-0.2, -0.15) is 0 Å². The largest absolute Gasteiger partial charge is 0.508 e. The number of anilines is 1. The Morgan fingerprint density at radius 1 is 1.05 bits per heavy atom. The number of aromatic hydroxyl groups is 1. The fourth-order valence-corrected chi connectivity index (χ4v) is 3.14. The highest BCUT2D eigenvalue weighted by molar-refractivity contribution is 9.10. The van der Waals surface area contributed by atoms with Gasteiger partial charge in [-0.3, -0.25) is 0 Å². The van der Waals surface area contributed by atoms with E-state index >= 15 is 0 Å². The summed E-state index contributed by atoms with van der Waals surface area (Å²) in [6.07, 6.45) is 0. The summed E-state index contributed by atoms with van der Waals surface area (Å²) in [6, 6.07) is 10.0. The number of rotatable bonds is 3. The predicted molar refractivity (Wildman–Crippen MR) is 88.5 cm³/mol. The molecule has 0 saturated heterocycles. The van der Waals surface area contributed by atoms with Gasteiger partial charge < -0.3 is 10.4 Å². The third-order valence-corrected chi connectivity index (χ3v) is 3.97. The van der Waals surface area contributed by atoms with Crippen LogP contribution in [0.25, 0.3) is 0 Å². The van der Waals surface area contributed by atoms with Crippen molar-refractivity contribution in [3.05, 3.63) is 57.1 Å². The molecule has 0 fully saturated rings. The van der Waals surface area contributed by atoms with Crippen LogP contribution >= 0.6 is 15.9 Å². The summed E-state index contributed by atoms with van der Waals surface area (Å²) in [6.45, 7) is 8.21. The van der Waals surface area contributed by atoms with Crippen LogP contribution in [0.15, 0.2) is 34.8 Å². The predicted octanol–water partition coefficient (Wildman–Crippen LogP) is 5.25. The van der Waals surface area contributed by atoms with Crippen molar-refractivity contribution < 1.29 is 5.11 Å². The Labute approximate surface area is 129 Å². The van der Waals surface area contributed by atoms with Crippen molar-refractivity contribution in [2.75, 3.05) is 5.32 Å². The van der Waals surface area contributed by atoms with E-state index in [9.17, 15) is 5.11 Å². The second-order valence-electron chi connectivity index (χ2n) is 5.34. The number of halogens is 1. The van der Waals surface area contributed by atoms with Gasteiger partial charge in [0.25, 0.3) is 0 Å². The van der Waals surface area contributed by atoms with E-state index in [-0.39, 0.29) is 6.04 Å². The maximum Gasteiger partial charge on any atom is 0.121 e. The van der Waals surface area contributed by atoms with Gasteiger partial charge in [0, 0.05) is 15.7 Å². The van der Waals surface area contributed by atoms with Crippen molar-refractivity contribution in [3.63, 3.8) is 0 Å². The van der Waals surface area contributed by atoms with E-state index in [0.29, 0.717) is 5.75 Å². The SMILES string of the molecule is Cc1ccc(C(C)Nc2c(C)cc(Br)cc2C)c(O)c1. The minimum Gasteiger partial charge on any atom is -0.508 e. The van der Waals surface area contributed by atoms with Crippen LogP contribution in [-0.2, 0) is 0 Å². The monoisotopic (exact) mass is 333 g/mol. The van der Waals surface area contributed by atoms with Crippen LogP contribution in [0.5, 0.6) is 5.75 Å². The lowest BCUT2D eigenvalue weighted by molar-refractivity contribution is 0.465. The second-order valence-corrected chi connectivity index (χ2v) is 6.26. The van der Waals surface area contributed by atoms with Crippen LogP contribution in [0, 0.1) is 20.8 Å². The first-order valence-electron chi connectivity index (χ1n) is 6.71. The maximum atomic E-state index is 10.1. The number of hydrogen-bond donors (Lipinski definition) is 2. The summed E-state index contributed by atoms with van der Waals surface area (Å²) in [7, 11) is 0. The molecule has 0 aliphatic rings. The first kappa shape index (κ1) is 14.9. The Bertz CT molecular complexity index is 614. The quantitative estimate of drug-likeness (QED) is 0.803. The molecule has 0 radical (unpaired) electrons. The molecule has 2 N–H and O–H groups in total. The van der Waals surface area contributed by atoms with Crippen LogP contribution in [-0.4, -0.2) is 5.11 Å². The molecule has 0 bridgehead atoms. The third kappa shape index (κ3) is 3.15. The zero-order valence-corrected chi connectivity index (χ0v) is 13.9. The molecule has 20 heavy (non-hydrogen) atoms. The molecule has 3 heteroatoms. The molecule has 0 amide bonds. The highest BCUT2D eigenvalue weighted by Gasteiger charge is 2.13. The van der Waals surface area contributed by atoms with Crippen molar-refractivity contribution in [1.82, 2.24) is 0 Å². The molecule has 0 saturated carbocycles. The van der Waals surface area contributed by atoms with Crippen molar-refractivity contribution in [3.8, 4) is 5.75 Å². The van der Waals surface area contributed by atoms with Crippen molar-refractivity contribution in [2.45, 2.75) is 33.7 Å². The zero-order chi connectivity index (χ0) is 14.9. The number of hydrogen-bond acceptors (Lipinski definition) is 2. The molecule has 2 nitrogen and oxygen atoms in total. The van der Waals surface area contributed by atoms with Gasteiger partial charge in [-0.05, 0) is 62.6 Å². The Morgan fingerprint density at radius 3 is 2.20 bits per heavy atom. The Balaban J connectivity index is 2.30. The maximum absolute atomic E-state index is 10.1. The number of benzene rings is 2. The lowest BCUT2D eigenvalue weighted by Gasteiger charge is -2.20. The summed E-state index contributed by atoms with van der Waals surface area (Å²) in [5.74, 6) is 0.345. The molecule has 0 aliphatic heterocycles. The molecule has 2 rings (SSSR count). The minimum absolute atomic E-state index is 0.0502. The molecule has 2 aromatic rings. The minimum atomic E-state index is 0.0502. The van der Waals surface area contributed by atoms with Gasteiger partial charge in [0.15, 0.2) is 0 Å². The van der Waals surface area contributed by atoms with Gasteiger partial charge in [-0.25, -0.2) is 0 Å². The van der Waals surface area contributed by atoms with Crippen molar-refractivity contribution in [2.24, 2.45) is 0 Å². The summed E-state index contributed by atoms with van der Waals surface area (Å²) in [5, 5.41) is 13.6. The number of nitrogens with one attached hydrogen (secondary N) is 1. The Morgan fingerprint density at radius 2 is 1.65 bits per heavy atom. The third-order valence-electron chi connectivity index (χ3n) is 3.51. The van der Waals surface area contributed by atoms with E-state index in [1.165, 1.54) is 11.1 Å². The van der Waals surface area contributed by atoms with E-state index < -0.39 is 0 Å². The summed E-state index contributed by atoms with van der Waals surface area (Å²) in [4.78, 5) is 0. The van der Waals surface area contributed by atoms with Crippen LogP contribution in [0.3, 0.4) is 0 Å². The molecule has 0 aromatic heterocycles. The van der Waals surface area contributed by atoms with Gasteiger partial charge in [0.1, 0.15) is 5.75 Å². The van der Waals surface area contributed by atoms with Gasteiger partial charge in [0.05, 0.1) is 6.04 Å². The van der Waals surface area contributed by atoms with Gasteiger partial charge in [0.2, 0.25) is 0 Å². The van der Waals surface area contributed by atoms with Crippen LogP contribution in [0.2, 0.25) is 0 Å². The van der Waals surface area contributed by atoms with Crippen LogP contribution < -0.4 is 5.32 Å². The van der Waals surface area contributed by atoms with Gasteiger partial charge >= 0.3 is 0 Å². The number of phenols is 1. The number of phenolic OH excluding ortho intramolecular Hbond substituents is 1. The highest BCUT2D eigenvalue weighted by Crippen LogP contribution is 2.31. The molecule has 1 unspecified atom stereocenters. The Kier molecular flexibility index (Phi) is 4.39. The standard InChI is InChI=1S/C17H20BrNO/c1-10-5-6-15(16(20)7-10)13(4)19-17-11(2)8-14(18)9-12(17)3/h5-9,13,19-20H,1-4H3.